The maximum absolute atomic E-state index is 13.4. The monoisotopic (exact) mass is 486 g/mol. The van der Waals surface area contributed by atoms with Gasteiger partial charge in [-0.15, -0.1) is 0 Å². The van der Waals surface area contributed by atoms with Gasteiger partial charge in [-0.2, -0.15) is 0 Å². The summed E-state index contributed by atoms with van der Waals surface area (Å²) in [7, 11) is 0. The van der Waals surface area contributed by atoms with Crippen molar-refractivity contribution < 1.29 is 34.1 Å². The summed E-state index contributed by atoms with van der Waals surface area (Å²) in [5, 5.41) is 23.4. The second-order valence-corrected chi connectivity index (χ2v) is 9.42. The highest BCUT2D eigenvalue weighted by molar-refractivity contribution is 5.96. The lowest BCUT2D eigenvalue weighted by molar-refractivity contribution is -0.139. The molecule has 4 rings (SSSR count). The molecular weight excluding hydrogens is 452 g/mol. The molecule has 1 saturated heterocycles. The average Bonchev–Trinajstić information content (AvgIpc) is 3.49. The zero-order chi connectivity index (χ0) is 24.9. The van der Waals surface area contributed by atoms with Crippen molar-refractivity contribution in [3.05, 3.63) is 41.5 Å². The summed E-state index contributed by atoms with van der Waals surface area (Å²) >= 11 is 0. The minimum atomic E-state index is -1.07. The number of fused-ring (bicyclic) bond motifs is 3. The number of para-hydroxylation sites is 1. The second kappa shape index (κ2) is 11.3. The predicted octanol–water partition coefficient (Wildman–Crippen LogP) is 1.08. The molecule has 0 aromatic heterocycles. The topological polar surface area (TPSA) is 125 Å². The van der Waals surface area contributed by atoms with Crippen LogP contribution in [0.2, 0.25) is 0 Å². The first-order valence-electron chi connectivity index (χ1n) is 12.4. The van der Waals surface area contributed by atoms with Crippen molar-refractivity contribution in [2.75, 3.05) is 26.3 Å². The molecule has 9 heteroatoms. The number of carbonyl (C=O) groups excluding carboxylic acids is 3. The fourth-order valence-corrected chi connectivity index (χ4v) is 5.22. The molecule has 0 bridgehead atoms. The average molecular weight is 487 g/mol. The Morgan fingerprint density at radius 2 is 2.00 bits per heavy atom. The lowest BCUT2D eigenvalue weighted by Crippen LogP contribution is -2.57. The molecule has 2 heterocycles. The van der Waals surface area contributed by atoms with Crippen LogP contribution in [0.25, 0.3) is 0 Å². The highest BCUT2D eigenvalue weighted by atomic mass is 16.5. The molecular formula is C26H34N2O7. The molecule has 9 nitrogen and oxygen atoms in total. The first-order chi connectivity index (χ1) is 16.9. The van der Waals surface area contributed by atoms with E-state index in [9.17, 15) is 24.6 Å². The summed E-state index contributed by atoms with van der Waals surface area (Å²) in [5.74, 6) is -0.447. The van der Waals surface area contributed by atoms with Gasteiger partial charge >= 0.3 is 0 Å². The Morgan fingerprint density at radius 3 is 2.71 bits per heavy atom. The normalized spacial score (nSPS) is 26.8. The number of aliphatic hydroxyl groups excluding tert-OH is 2. The summed E-state index contributed by atoms with van der Waals surface area (Å²) in [5.41, 5.74) is 1.21. The van der Waals surface area contributed by atoms with E-state index in [2.05, 4.69) is 5.32 Å². The van der Waals surface area contributed by atoms with Gasteiger partial charge < -0.3 is 34.7 Å². The summed E-state index contributed by atoms with van der Waals surface area (Å²) < 4.78 is 11.9. The molecule has 3 N–H and O–H groups in total. The number of ketones is 1. The number of hydrogen-bond donors (Lipinski definition) is 3. The van der Waals surface area contributed by atoms with Crippen LogP contribution in [0.4, 0.5) is 0 Å². The Morgan fingerprint density at radius 1 is 1.20 bits per heavy atom. The van der Waals surface area contributed by atoms with Gasteiger partial charge in [0.05, 0.1) is 24.7 Å². The first-order valence-corrected chi connectivity index (χ1v) is 12.4. The van der Waals surface area contributed by atoms with E-state index in [1.165, 1.54) is 6.92 Å². The fraction of sp³-hybridized carbons (Fsp3) is 0.577. The zero-order valence-corrected chi connectivity index (χ0v) is 20.0. The molecule has 35 heavy (non-hydrogen) atoms. The van der Waals surface area contributed by atoms with Crippen LogP contribution < -0.4 is 10.1 Å². The molecule has 190 valence electrons. The van der Waals surface area contributed by atoms with Gasteiger partial charge in [-0.3, -0.25) is 9.59 Å². The quantitative estimate of drug-likeness (QED) is 0.452. The maximum atomic E-state index is 13.4. The Balaban J connectivity index is 1.67. The van der Waals surface area contributed by atoms with Gasteiger partial charge in [-0.25, -0.2) is 0 Å². The van der Waals surface area contributed by atoms with Gasteiger partial charge in [-0.05, 0) is 38.3 Å². The number of ether oxygens (including phenoxy) is 2. The maximum Gasteiger partial charge on any atom is 0.247 e. The van der Waals surface area contributed by atoms with Crippen molar-refractivity contribution >= 4 is 17.6 Å². The van der Waals surface area contributed by atoms with E-state index in [0.717, 1.165) is 18.4 Å². The molecule has 2 aliphatic heterocycles. The van der Waals surface area contributed by atoms with E-state index in [1.54, 1.807) is 17.0 Å². The predicted molar refractivity (Wildman–Crippen MR) is 127 cm³/mol. The molecule has 1 aliphatic carbocycles. The lowest BCUT2D eigenvalue weighted by atomic mass is 9.77. The molecule has 5 atom stereocenters. The third kappa shape index (κ3) is 5.58. The number of rotatable bonds is 10. The van der Waals surface area contributed by atoms with Gasteiger partial charge in [0.1, 0.15) is 23.7 Å². The SMILES string of the molecule is CC(=O)CCCC(=O)N(C[C@@H]1CCCO1)[C@@H]1C=C(C(=O)NCCO)[C@@H]2c3ccccc3O[C@@H]2[C@H]1O. The molecule has 0 spiro atoms. The Labute approximate surface area is 205 Å². The third-order valence-electron chi connectivity index (χ3n) is 6.90. The van der Waals surface area contributed by atoms with Crippen LogP contribution in [-0.4, -0.2) is 83.4 Å². The molecule has 0 unspecified atom stereocenters. The zero-order valence-electron chi connectivity index (χ0n) is 20.0. The number of nitrogens with one attached hydrogen (secondary N) is 1. The number of carbonyl (C=O) groups is 3. The second-order valence-electron chi connectivity index (χ2n) is 9.42. The number of hydrogen-bond acceptors (Lipinski definition) is 7. The Bertz CT molecular complexity index is 972. The number of nitrogens with zero attached hydrogens (tertiary/aromatic N) is 1. The Kier molecular flexibility index (Phi) is 8.20. The van der Waals surface area contributed by atoms with E-state index < -0.39 is 24.2 Å². The highest BCUT2D eigenvalue weighted by Crippen LogP contribution is 2.47. The van der Waals surface area contributed by atoms with E-state index in [4.69, 9.17) is 9.47 Å². The molecule has 1 aromatic rings. The summed E-state index contributed by atoms with van der Waals surface area (Å²) in [4.78, 5) is 39.5. The summed E-state index contributed by atoms with van der Waals surface area (Å²) in [6, 6.07) is 6.56. The van der Waals surface area contributed by atoms with Crippen LogP contribution in [0.3, 0.4) is 0 Å². The first kappa shape index (κ1) is 25.3. The van der Waals surface area contributed by atoms with Gasteiger partial charge in [0, 0.05) is 43.7 Å². The minimum Gasteiger partial charge on any atom is -0.486 e. The van der Waals surface area contributed by atoms with Crippen LogP contribution in [0.1, 0.15) is 50.5 Å². The third-order valence-corrected chi connectivity index (χ3v) is 6.90. The van der Waals surface area contributed by atoms with Crippen LogP contribution >= 0.6 is 0 Å². The van der Waals surface area contributed by atoms with E-state index >= 15 is 0 Å². The fourth-order valence-electron chi connectivity index (χ4n) is 5.22. The van der Waals surface area contributed by atoms with E-state index in [0.29, 0.717) is 30.8 Å². The molecule has 3 aliphatic rings. The molecule has 0 saturated carbocycles. The number of benzene rings is 1. The van der Waals surface area contributed by atoms with Crippen molar-refractivity contribution in [2.45, 2.75) is 69.3 Å². The summed E-state index contributed by atoms with van der Waals surface area (Å²) in [6.45, 7) is 2.29. The smallest absolute Gasteiger partial charge is 0.247 e. The van der Waals surface area contributed by atoms with E-state index in [-0.39, 0.29) is 49.8 Å². The van der Waals surface area contributed by atoms with Crippen LogP contribution in [0, 0.1) is 0 Å². The van der Waals surface area contributed by atoms with E-state index in [1.807, 2.05) is 18.2 Å². The minimum absolute atomic E-state index is 0.0175. The van der Waals surface area contributed by atoms with Crippen molar-refractivity contribution in [1.29, 1.82) is 0 Å². The molecule has 0 radical (unpaired) electrons. The number of aliphatic hydroxyl groups is 2. The lowest BCUT2D eigenvalue weighted by Gasteiger charge is -2.41. The number of amides is 2. The van der Waals surface area contributed by atoms with Gasteiger partial charge in [0.15, 0.2) is 0 Å². The van der Waals surface area contributed by atoms with Gasteiger partial charge in [-0.1, -0.05) is 18.2 Å². The molecule has 2 amide bonds. The standard InChI is InChI=1S/C26H34N2O7/c1-16(30)6-4-10-22(31)28(15-17-7-5-13-34-17)20-14-19(26(33)27-11-12-29)23-18-8-2-3-9-21(18)35-25(23)24(20)32/h2-3,8-9,14,17,20,23-25,29,32H,4-7,10-13,15H2,1H3,(H,27,33)/t17-,20+,23-,24-,25-/m0/s1. The van der Waals surface area contributed by atoms with Crippen LogP contribution in [0.15, 0.2) is 35.9 Å². The van der Waals surface area contributed by atoms with Crippen molar-refractivity contribution in [2.24, 2.45) is 0 Å². The van der Waals surface area contributed by atoms with Gasteiger partial charge in [0.25, 0.3) is 0 Å². The molecule has 1 aromatic carbocycles. The van der Waals surface area contributed by atoms with Crippen molar-refractivity contribution in [3.63, 3.8) is 0 Å². The van der Waals surface area contributed by atoms with Crippen LogP contribution in [-0.2, 0) is 19.1 Å². The summed E-state index contributed by atoms with van der Waals surface area (Å²) in [6.07, 6.45) is 2.29. The molecule has 1 fully saturated rings. The van der Waals surface area contributed by atoms with Crippen LogP contribution in [0.5, 0.6) is 5.75 Å². The van der Waals surface area contributed by atoms with Gasteiger partial charge in [0.2, 0.25) is 11.8 Å². The largest absolute Gasteiger partial charge is 0.486 e. The van der Waals surface area contributed by atoms with Crippen molar-refractivity contribution in [3.8, 4) is 5.75 Å². The van der Waals surface area contributed by atoms with Crippen molar-refractivity contribution in [1.82, 2.24) is 10.2 Å². The highest BCUT2D eigenvalue weighted by Gasteiger charge is 2.50. The Hall–Kier alpha value is -2.75. The number of Topliss-reactive ketones (excluding diaryl/α,β-unsaturated/α-hetero) is 1.